The zero-order chi connectivity index (χ0) is 21.8. The fourth-order valence-electron chi connectivity index (χ4n) is 3.56. The van der Waals surface area contributed by atoms with E-state index >= 15 is 0 Å². The molecule has 7 heteroatoms. The van der Waals surface area contributed by atoms with Gasteiger partial charge in [-0.15, -0.1) is 0 Å². The van der Waals surface area contributed by atoms with Gasteiger partial charge in [0.2, 0.25) is 0 Å². The third-order valence-corrected chi connectivity index (χ3v) is 5.18. The topological polar surface area (TPSA) is 79.9 Å². The van der Waals surface area contributed by atoms with Gasteiger partial charge in [0.15, 0.2) is 11.5 Å². The van der Waals surface area contributed by atoms with E-state index in [2.05, 4.69) is 10.6 Å². The summed E-state index contributed by atoms with van der Waals surface area (Å²) in [5.41, 5.74) is 3.92. The summed E-state index contributed by atoms with van der Waals surface area (Å²) in [7, 11) is 3.06. The number of nitrogens with zero attached hydrogens (tertiary/aromatic N) is 1. The Balaban J connectivity index is 1.39. The molecular weight excluding hydrogens is 394 g/mol. The zero-order valence-corrected chi connectivity index (χ0v) is 17.3. The molecular formula is C24H23N3O4. The van der Waals surface area contributed by atoms with Gasteiger partial charge in [-0.05, 0) is 47.5 Å². The van der Waals surface area contributed by atoms with Gasteiger partial charge in [-0.1, -0.05) is 30.3 Å². The number of fused-ring (bicyclic) bond motifs is 1. The van der Waals surface area contributed by atoms with Gasteiger partial charge in [0.05, 0.1) is 19.9 Å². The third-order valence-electron chi connectivity index (χ3n) is 5.18. The quantitative estimate of drug-likeness (QED) is 0.640. The minimum absolute atomic E-state index is 0.172. The molecule has 0 spiro atoms. The fourth-order valence-corrected chi connectivity index (χ4v) is 3.56. The highest BCUT2D eigenvalue weighted by atomic mass is 16.5. The van der Waals surface area contributed by atoms with Crippen molar-refractivity contribution >= 4 is 23.3 Å². The summed E-state index contributed by atoms with van der Waals surface area (Å²) in [4.78, 5) is 27.0. The Hall–Kier alpha value is -4.00. The average molecular weight is 417 g/mol. The van der Waals surface area contributed by atoms with E-state index < -0.39 is 0 Å². The number of rotatable bonds is 5. The van der Waals surface area contributed by atoms with Crippen molar-refractivity contribution in [3.63, 3.8) is 0 Å². The van der Waals surface area contributed by atoms with E-state index in [1.165, 1.54) is 14.2 Å². The summed E-state index contributed by atoms with van der Waals surface area (Å²) in [5, 5.41) is 5.71. The number of anilines is 2. The highest BCUT2D eigenvalue weighted by Gasteiger charge is 2.23. The number of hydrogen-bond donors (Lipinski definition) is 2. The van der Waals surface area contributed by atoms with E-state index in [9.17, 15) is 9.59 Å². The second kappa shape index (κ2) is 8.79. The molecule has 0 atom stereocenters. The van der Waals surface area contributed by atoms with Crippen LogP contribution in [0.25, 0.3) is 0 Å². The molecule has 1 aliphatic rings. The van der Waals surface area contributed by atoms with Crippen molar-refractivity contribution in [1.29, 1.82) is 0 Å². The molecule has 0 aliphatic carbocycles. The largest absolute Gasteiger partial charge is 0.493 e. The number of benzene rings is 3. The Kier molecular flexibility index (Phi) is 5.75. The summed E-state index contributed by atoms with van der Waals surface area (Å²) >= 11 is 0. The molecule has 0 saturated heterocycles. The van der Waals surface area contributed by atoms with Crippen molar-refractivity contribution in [3.05, 3.63) is 83.4 Å². The van der Waals surface area contributed by atoms with Crippen LogP contribution in [0.4, 0.5) is 16.2 Å². The maximum absolute atomic E-state index is 12.6. The predicted molar refractivity (Wildman–Crippen MR) is 119 cm³/mol. The maximum Gasteiger partial charge on any atom is 0.322 e. The number of urea groups is 1. The molecule has 0 unspecified atom stereocenters. The van der Waals surface area contributed by atoms with Crippen LogP contribution in [0.2, 0.25) is 0 Å². The molecule has 1 heterocycles. The van der Waals surface area contributed by atoms with E-state index in [1.807, 2.05) is 24.3 Å². The smallest absolute Gasteiger partial charge is 0.322 e. The van der Waals surface area contributed by atoms with E-state index in [0.717, 1.165) is 11.1 Å². The van der Waals surface area contributed by atoms with Crippen LogP contribution in [-0.4, -0.2) is 31.1 Å². The highest BCUT2D eigenvalue weighted by molar-refractivity contribution is 6.05. The van der Waals surface area contributed by atoms with Gasteiger partial charge in [0, 0.05) is 24.3 Å². The first-order valence-corrected chi connectivity index (χ1v) is 9.84. The Morgan fingerprint density at radius 2 is 1.48 bits per heavy atom. The minimum Gasteiger partial charge on any atom is -0.493 e. The Morgan fingerprint density at radius 3 is 2.10 bits per heavy atom. The fraction of sp³-hybridized carbons (Fsp3) is 0.167. The van der Waals surface area contributed by atoms with Crippen LogP contribution >= 0.6 is 0 Å². The van der Waals surface area contributed by atoms with Gasteiger partial charge in [0.1, 0.15) is 0 Å². The van der Waals surface area contributed by atoms with E-state index in [0.29, 0.717) is 41.5 Å². The van der Waals surface area contributed by atoms with Crippen molar-refractivity contribution in [3.8, 4) is 11.5 Å². The van der Waals surface area contributed by atoms with Crippen LogP contribution in [-0.2, 0) is 13.1 Å². The standard InChI is InChI=1S/C24H23N3O4/c1-30-21-9-5-8-20(22(21)31-2)26-23(28)16-10-12-19(13-11-16)25-24(29)27-14-17-6-3-4-7-18(17)15-27/h3-13H,14-15H2,1-2H3,(H,25,29)(H,26,28). The van der Waals surface area contributed by atoms with Crippen molar-refractivity contribution in [2.75, 3.05) is 24.9 Å². The lowest BCUT2D eigenvalue weighted by Gasteiger charge is -2.16. The number of ether oxygens (including phenoxy) is 2. The predicted octanol–water partition coefficient (Wildman–Crippen LogP) is 4.50. The van der Waals surface area contributed by atoms with Gasteiger partial charge in [0.25, 0.3) is 5.91 Å². The molecule has 0 bridgehead atoms. The monoisotopic (exact) mass is 417 g/mol. The molecule has 4 rings (SSSR count). The average Bonchev–Trinajstić information content (AvgIpc) is 3.24. The molecule has 0 saturated carbocycles. The van der Waals surface area contributed by atoms with Gasteiger partial charge in [-0.3, -0.25) is 4.79 Å². The Labute approximate surface area is 180 Å². The van der Waals surface area contributed by atoms with E-state index in [1.54, 1.807) is 47.4 Å². The Bertz CT molecular complexity index is 1090. The summed E-state index contributed by atoms with van der Waals surface area (Å²) in [6, 6.07) is 19.9. The Morgan fingerprint density at radius 1 is 0.806 bits per heavy atom. The molecule has 158 valence electrons. The molecule has 0 fully saturated rings. The lowest BCUT2D eigenvalue weighted by Crippen LogP contribution is -2.30. The summed E-state index contributed by atoms with van der Waals surface area (Å²) in [6.07, 6.45) is 0. The third kappa shape index (κ3) is 4.30. The number of amides is 3. The van der Waals surface area contributed by atoms with Gasteiger partial charge in [-0.25, -0.2) is 4.79 Å². The molecule has 7 nitrogen and oxygen atoms in total. The maximum atomic E-state index is 12.6. The van der Waals surface area contributed by atoms with Gasteiger partial charge >= 0.3 is 6.03 Å². The summed E-state index contributed by atoms with van der Waals surface area (Å²) < 4.78 is 10.6. The highest BCUT2D eigenvalue weighted by Crippen LogP contribution is 2.35. The second-order valence-electron chi connectivity index (χ2n) is 7.13. The van der Waals surface area contributed by atoms with Crippen molar-refractivity contribution in [1.82, 2.24) is 4.90 Å². The van der Waals surface area contributed by atoms with Gasteiger partial charge < -0.3 is 25.0 Å². The molecule has 3 aromatic rings. The van der Waals surface area contributed by atoms with Crippen LogP contribution in [0.15, 0.2) is 66.7 Å². The van der Waals surface area contributed by atoms with Crippen LogP contribution in [0, 0.1) is 0 Å². The number of para-hydroxylation sites is 1. The molecule has 0 aromatic heterocycles. The molecule has 2 N–H and O–H groups in total. The van der Waals surface area contributed by atoms with Crippen molar-refractivity contribution in [2.45, 2.75) is 13.1 Å². The van der Waals surface area contributed by atoms with Crippen LogP contribution in [0.5, 0.6) is 11.5 Å². The molecule has 3 amide bonds. The van der Waals surface area contributed by atoms with Crippen LogP contribution < -0.4 is 20.1 Å². The number of methoxy groups -OCH3 is 2. The van der Waals surface area contributed by atoms with Crippen LogP contribution in [0.1, 0.15) is 21.5 Å². The van der Waals surface area contributed by atoms with E-state index in [4.69, 9.17) is 9.47 Å². The number of carbonyl (C=O) groups is 2. The molecule has 3 aromatic carbocycles. The summed E-state index contributed by atoms with van der Waals surface area (Å²) in [5.74, 6) is 0.690. The minimum atomic E-state index is -0.292. The van der Waals surface area contributed by atoms with Gasteiger partial charge in [-0.2, -0.15) is 0 Å². The lowest BCUT2D eigenvalue weighted by molar-refractivity contribution is 0.102. The van der Waals surface area contributed by atoms with Crippen molar-refractivity contribution < 1.29 is 19.1 Å². The molecule has 31 heavy (non-hydrogen) atoms. The first kappa shape index (κ1) is 20.3. The lowest BCUT2D eigenvalue weighted by atomic mass is 10.1. The molecule has 0 radical (unpaired) electrons. The normalized spacial score (nSPS) is 12.1. The zero-order valence-electron chi connectivity index (χ0n) is 17.3. The van der Waals surface area contributed by atoms with Crippen molar-refractivity contribution in [2.24, 2.45) is 0 Å². The van der Waals surface area contributed by atoms with E-state index in [-0.39, 0.29) is 11.9 Å². The first-order valence-electron chi connectivity index (χ1n) is 9.84. The second-order valence-corrected chi connectivity index (χ2v) is 7.13. The number of nitrogens with one attached hydrogen (secondary N) is 2. The first-order chi connectivity index (χ1) is 15.1. The SMILES string of the molecule is COc1cccc(NC(=O)c2ccc(NC(=O)N3Cc4ccccc4C3)cc2)c1OC. The number of carbonyl (C=O) groups excluding carboxylic acids is 2. The van der Waals surface area contributed by atoms with Crippen LogP contribution in [0.3, 0.4) is 0 Å². The molecule has 1 aliphatic heterocycles. The summed E-state index contributed by atoms with van der Waals surface area (Å²) in [6.45, 7) is 1.18. The number of hydrogen-bond acceptors (Lipinski definition) is 4.